The fraction of sp³-hybridized carbons (Fsp3) is 0.296. The Labute approximate surface area is 221 Å². The van der Waals surface area contributed by atoms with Gasteiger partial charge < -0.3 is 8.92 Å². The topological polar surface area (TPSA) is 70.4 Å². The van der Waals surface area contributed by atoms with E-state index in [0.29, 0.717) is 27.5 Å². The van der Waals surface area contributed by atoms with Crippen LogP contribution in [0, 0.1) is 0 Å². The van der Waals surface area contributed by atoms with Gasteiger partial charge in [-0.05, 0) is 53.6 Å². The van der Waals surface area contributed by atoms with Crippen molar-refractivity contribution in [3.8, 4) is 28.4 Å². The summed E-state index contributed by atoms with van der Waals surface area (Å²) in [6.07, 6.45) is 0. The molecule has 0 radical (unpaired) electrons. The van der Waals surface area contributed by atoms with Gasteiger partial charge in [0, 0.05) is 16.1 Å². The molecule has 4 aromatic rings. The molecule has 3 aromatic carbocycles. The fourth-order valence-electron chi connectivity index (χ4n) is 4.13. The fourth-order valence-corrected chi connectivity index (χ4v) is 6.95. The van der Waals surface area contributed by atoms with Gasteiger partial charge in [-0.25, -0.2) is 4.68 Å². The number of methoxy groups -OCH3 is 1. The summed E-state index contributed by atoms with van der Waals surface area (Å²) < 4.78 is 76.0. The highest BCUT2D eigenvalue weighted by Gasteiger charge is 2.50. The van der Waals surface area contributed by atoms with Gasteiger partial charge >= 0.3 is 15.6 Å². The first-order valence-corrected chi connectivity index (χ1v) is 16.3. The number of halogens is 3. The van der Waals surface area contributed by atoms with Crippen molar-refractivity contribution in [2.75, 3.05) is 7.11 Å². The lowest BCUT2D eigenvalue weighted by molar-refractivity contribution is -0.0499. The number of alkyl halides is 3. The molecule has 0 spiro atoms. The molecule has 0 saturated heterocycles. The summed E-state index contributed by atoms with van der Waals surface area (Å²) in [6.45, 7) is 9.91. The third-order valence-electron chi connectivity index (χ3n) is 7.15. The number of hydrogen-bond donors (Lipinski definition) is 0. The molecule has 0 fully saturated rings. The Kier molecular flexibility index (Phi) is 6.90. The molecular formula is C27H29F3N2O4SSi. The number of aromatic nitrogens is 2. The zero-order valence-electron chi connectivity index (χ0n) is 21.9. The predicted molar refractivity (Wildman–Crippen MR) is 145 cm³/mol. The number of hydrogen-bond acceptors (Lipinski definition) is 5. The van der Waals surface area contributed by atoms with Gasteiger partial charge in [0.25, 0.3) is 0 Å². The minimum absolute atomic E-state index is 0.347. The zero-order valence-corrected chi connectivity index (χ0v) is 23.7. The summed E-state index contributed by atoms with van der Waals surface area (Å²) in [7, 11) is -7.05. The molecule has 0 N–H and O–H groups in total. The van der Waals surface area contributed by atoms with Gasteiger partial charge in [0.1, 0.15) is 11.5 Å². The molecule has 0 saturated carbocycles. The van der Waals surface area contributed by atoms with Crippen LogP contribution < -0.4 is 14.1 Å². The Balaban J connectivity index is 2.12. The van der Waals surface area contributed by atoms with Crippen LogP contribution in [0.25, 0.3) is 27.8 Å². The molecule has 1 heterocycles. The van der Waals surface area contributed by atoms with E-state index in [2.05, 4.69) is 0 Å². The number of para-hydroxylation sites is 1. The van der Waals surface area contributed by atoms with E-state index in [0.717, 1.165) is 11.3 Å². The minimum atomic E-state index is -5.89. The predicted octanol–water partition coefficient (Wildman–Crippen LogP) is 6.65. The van der Waals surface area contributed by atoms with Crippen molar-refractivity contribution in [1.29, 1.82) is 0 Å². The molecule has 202 valence electrons. The zero-order chi connectivity index (χ0) is 28.1. The lowest BCUT2D eigenvalue weighted by atomic mass is 10.1. The van der Waals surface area contributed by atoms with E-state index in [4.69, 9.17) is 14.0 Å². The second kappa shape index (κ2) is 9.46. The Morgan fingerprint density at radius 1 is 0.895 bits per heavy atom. The third kappa shape index (κ3) is 4.80. The van der Waals surface area contributed by atoms with Gasteiger partial charge in [-0.3, -0.25) is 0 Å². The lowest BCUT2D eigenvalue weighted by Crippen LogP contribution is -2.51. The molecule has 1 aromatic heterocycles. The average Bonchev–Trinajstić information content (AvgIpc) is 3.22. The normalized spacial score (nSPS) is 13.1. The first kappa shape index (κ1) is 27.7. The molecule has 0 atom stereocenters. The smallest absolute Gasteiger partial charge is 0.497 e. The largest absolute Gasteiger partial charge is 0.534 e. The molecule has 0 unspecified atom stereocenters. The number of fused-ring (bicyclic) bond motifs is 1. The number of benzene rings is 3. The van der Waals surface area contributed by atoms with Crippen molar-refractivity contribution in [3.63, 3.8) is 0 Å². The maximum atomic E-state index is 13.3. The molecule has 6 nitrogen and oxygen atoms in total. The van der Waals surface area contributed by atoms with E-state index >= 15 is 0 Å². The van der Waals surface area contributed by atoms with E-state index in [1.165, 1.54) is 6.07 Å². The molecule has 11 heteroatoms. The van der Waals surface area contributed by atoms with Crippen LogP contribution in [0.5, 0.6) is 11.5 Å². The van der Waals surface area contributed by atoms with Crippen molar-refractivity contribution >= 4 is 34.3 Å². The van der Waals surface area contributed by atoms with Gasteiger partial charge in [-0.15, -0.1) is 0 Å². The van der Waals surface area contributed by atoms with Crippen LogP contribution in [0.1, 0.15) is 20.8 Å². The van der Waals surface area contributed by atoms with Crippen LogP contribution >= 0.6 is 0 Å². The van der Waals surface area contributed by atoms with E-state index in [1.807, 2.05) is 88.5 Å². The van der Waals surface area contributed by atoms with Crippen molar-refractivity contribution < 1.29 is 30.5 Å². The SMILES string of the molecule is COc1ccc(-c2c3ccc(OS(=O)(=O)C(F)(F)F)c([Si](C)(C)C(C)(C)C)c3nn2-c2ccccc2)cc1. The summed E-state index contributed by atoms with van der Waals surface area (Å²) in [5, 5.41) is 5.59. The summed E-state index contributed by atoms with van der Waals surface area (Å²) in [5.41, 5.74) is -2.92. The Hall–Kier alpha value is -3.31. The average molecular weight is 563 g/mol. The molecule has 0 aliphatic carbocycles. The summed E-state index contributed by atoms with van der Waals surface area (Å²) >= 11 is 0. The van der Waals surface area contributed by atoms with Crippen LogP contribution in [0.15, 0.2) is 66.7 Å². The maximum absolute atomic E-state index is 13.3. The number of nitrogens with zero attached hydrogens (tertiary/aromatic N) is 2. The maximum Gasteiger partial charge on any atom is 0.534 e. The minimum Gasteiger partial charge on any atom is -0.497 e. The summed E-state index contributed by atoms with van der Waals surface area (Å²) in [5.74, 6) is 0.319. The highest BCUT2D eigenvalue weighted by molar-refractivity contribution is 7.88. The molecule has 38 heavy (non-hydrogen) atoms. The molecule has 0 amide bonds. The second-order valence-electron chi connectivity index (χ2n) is 10.5. The van der Waals surface area contributed by atoms with Crippen molar-refractivity contribution in [2.24, 2.45) is 0 Å². The first-order valence-electron chi connectivity index (χ1n) is 11.9. The van der Waals surface area contributed by atoms with Gasteiger partial charge in [0.15, 0.2) is 0 Å². The summed E-state index contributed by atoms with van der Waals surface area (Å²) in [4.78, 5) is 0. The Bertz CT molecular complexity index is 1580. The van der Waals surface area contributed by atoms with Crippen molar-refractivity contribution in [3.05, 3.63) is 66.7 Å². The lowest BCUT2D eigenvalue weighted by Gasteiger charge is -2.38. The van der Waals surface area contributed by atoms with E-state index in [9.17, 15) is 21.6 Å². The Morgan fingerprint density at radius 3 is 2.03 bits per heavy atom. The highest BCUT2D eigenvalue weighted by atomic mass is 32.2. The quantitative estimate of drug-likeness (QED) is 0.150. The summed E-state index contributed by atoms with van der Waals surface area (Å²) in [6, 6.07) is 19.6. The van der Waals surface area contributed by atoms with Crippen LogP contribution in [0.4, 0.5) is 13.2 Å². The molecule has 4 rings (SSSR count). The highest BCUT2D eigenvalue weighted by Crippen LogP contribution is 2.42. The van der Waals surface area contributed by atoms with E-state index in [1.54, 1.807) is 17.9 Å². The van der Waals surface area contributed by atoms with Gasteiger partial charge in [-0.1, -0.05) is 52.1 Å². The Morgan fingerprint density at radius 2 is 1.50 bits per heavy atom. The number of ether oxygens (including phenoxy) is 1. The monoisotopic (exact) mass is 562 g/mol. The van der Waals surface area contributed by atoms with Gasteiger partial charge in [0.05, 0.1) is 32.1 Å². The second-order valence-corrected chi connectivity index (χ2v) is 17.3. The molecule has 0 bridgehead atoms. The van der Waals surface area contributed by atoms with E-state index in [-0.39, 0.29) is 10.8 Å². The molecule has 0 aliphatic heterocycles. The van der Waals surface area contributed by atoms with E-state index < -0.39 is 23.7 Å². The van der Waals surface area contributed by atoms with Crippen LogP contribution in [0.2, 0.25) is 18.1 Å². The van der Waals surface area contributed by atoms with Crippen molar-refractivity contribution in [1.82, 2.24) is 9.78 Å². The third-order valence-corrected chi connectivity index (χ3v) is 13.6. The molecular weight excluding hydrogens is 533 g/mol. The van der Waals surface area contributed by atoms with Gasteiger partial charge in [-0.2, -0.15) is 26.7 Å². The van der Waals surface area contributed by atoms with Crippen molar-refractivity contribution in [2.45, 2.75) is 44.4 Å². The number of rotatable bonds is 6. The molecule has 0 aliphatic rings. The van der Waals surface area contributed by atoms with Crippen LogP contribution in [-0.2, 0) is 10.1 Å². The standard InChI is InChI=1S/C27H29F3N2O4SSi/c1-26(2,3)38(5,6)25-22(36-37(33,34)27(28,29)30)17-16-21-23(25)31-32(19-10-8-7-9-11-19)24(21)18-12-14-20(35-4)15-13-18/h7-17H,1-6H3. The van der Waals surface area contributed by atoms with Gasteiger partial charge in [0.2, 0.25) is 0 Å². The first-order chi connectivity index (χ1) is 17.6. The van der Waals surface area contributed by atoms with Crippen LogP contribution in [-0.4, -0.2) is 38.9 Å². The van der Waals surface area contributed by atoms with Crippen LogP contribution in [0.3, 0.4) is 0 Å².